The minimum atomic E-state index is -4.59. The SMILES string of the molecule is O=C(Nc1ccccc1C(F)(F)F)C1CC(=O)N(CCc2ccc(F)cc2)C1. The van der Waals surface area contributed by atoms with Crippen LogP contribution in [0.2, 0.25) is 0 Å². The predicted octanol–water partition coefficient (Wildman–Crippen LogP) is 3.87. The number of anilines is 1. The number of carbonyl (C=O) groups is 2. The number of nitrogens with zero attached hydrogens (tertiary/aromatic N) is 1. The molecular formula is C20H18F4N2O2. The summed E-state index contributed by atoms with van der Waals surface area (Å²) in [4.78, 5) is 26.1. The van der Waals surface area contributed by atoms with Crippen LogP contribution in [0.1, 0.15) is 17.5 Å². The molecule has 0 bridgehead atoms. The molecule has 1 fully saturated rings. The van der Waals surface area contributed by atoms with Crippen LogP contribution >= 0.6 is 0 Å². The summed E-state index contributed by atoms with van der Waals surface area (Å²) < 4.78 is 52.1. The van der Waals surface area contributed by atoms with Crippen LogP contribution in [0, 0.1) is 11.7 Å². The van der Waals surface area contributed by atoms with Crippen molar-refractivity contribution in [2.75, 3.05) is 18.4 Å². The summed E-state index contributed by atoms with van der Waals surface area (Å²) in [6.07, 6.45) is -4.14. The third-order valence-corrected chi connectivity index (χ3v) is 4.66. The highest BCUT2D eigenvalue weighted by atomic mass is 19.4. The second-order valence-electron chi connectivity index (χ2n) is 6.65. The second kappa shape index (κ2) is 8.00. The summed E-state index contributed by atoms with van der Waals surface area (Å²) in [5.41, 5.74) is -0.403. The third-order valence-electron chi connectivity index (χ3n) is 4.66. The van der Waals surface area contributed by atoms with E-state index in [9.17, 15) is 27.2 Å². The lowest BCUT2D eigenvalue weighted by Gasteiger charge is -2.17. The number of alkyl halides is 3. The van der Waals surface area contributed by atoms with E-state index in [2.05, 4.69) is 5.32 Å². The average molecular weight is 394 g/mol. The maximum Gasteiger partial charge on any atom is 0.418 e. The highest BCUT2D eigenvalue weighted by Gasteiger charge is 2.37. The Labute approximate surface area is 159 Å². The van der Waals surface area contributed by atoms with Crippen molar-refractivity contribution < 1.29 is 27.2 Å². The van der Waals surface area contributed by atoms with Crippen molar-refractivity contribution in [1.82, 2.24) is 4.90 Å². The van der Waals surface area contributed by atoms with Crippen molar-refractivity contribution in [3.05, 3.63) is 65.5 Å². The fraction of sp³-hybridized carbons (Fsp3) is 0.300. The molecule has 1 saturated heterocycles. The molecule has 8 heteroatoms. The molecule has 1 N–H and O–H groups in total. The quantitative estimate of drug-likeness (QED) is 0.783. The van der Waals surface area contributed by atoms with Crippen LogP contribution in [0.3, 0.4) is 0 Å². The molecule has 0 aromatic heterocycles. The molecule has 148 valence electrons. The second-order valence-corrected chi connectivity index (χ2v) is 6.65. The Morgan fingerprint density at radius 3 is 2.46 bits per heavy atom. The Hall–Kier alpha value is -2.90. The molecule has 1 heterocycles. The monoisotopic (exact) mass is 394 g/mol. The van der Waals surface area contributed by atoms with E-state index in [-0.39, 0.29) is 30.4 Å². The molecule has 1 aliphatic rings. The molecule has 4 nitrogen and oxygen atoms in total. The molecule has 3 rings (SSSR count). The first-order valence-corrected chi connectivity index (χ1v) is 8.73. The van der Waals surface area contributed by atoms with Crippen molar-refractivity contribution in [2.45, 2.75) is 19.0 Å². The van der Waals surface area contributed by atoms with Crippen molar-refractivity contribution in [1.29, 1.82) is 0 Å². The van der Waals surface area contributed by atoms with Crippen LogP contribution in [0.15, 0.2) is 48.5 Å². The minimum absolute atomic E-state index is 0.0521. The molecule has 2 amide bonds. The topological polar surface area (TPSA) is 49.4 Å². The Kier molecular flexibility index (Phi) is 5.67. The summed E-state index contributed by atoms with van der Waals surface area (Å²) in [6, 6.07) is 10.6. The van der Waals surface area contributed by atoms with Crippen LogP contribution in [0.5, 0.6) is 0 Å². The van der Waals surface area contributed by atoms with Crippen LogP contribution in [0.25, 0.3) is 0 Å². The Morgan fingerprint density at radius 2 is 1.79 bits per heavy atom. The molecule has 28 heavy (non-hydrogen) atoms. The van der Waals surface area contributed by atoms with Gasteiger partial charge in [0, 0.05) is 19.5 Å². The van der Waals surface area contributed by atoms with E-state index < -0.39 is 23.6 Å². The van der Waals surface area contributed by atoms with Crippen LogP contribution in [0.4, 0.5) is 23.2 Å². The van der Waals surface area contributed by atoms with Gasteiger partial charge in [0.05, 0.1) is 17.2 Å². The number of para-hydroxylation sites is 1. The molecular weight excluding hydrogens is 376 g/mol. The van der Waals surface area contributed by atoms with Gasteiger partial charge in [0.1, 0.15) is 5.82 Å². The molecule has 1 atom stereocenters. The lowest BCUT2D eigenvalue weighted by Crippen LogP contribution is -2.30. The van der Waals surface area contributed by atoms with Gasteiger partial charge in [-0.05, 0) is 36.2 Å². The van der Waals surface area contributed by atoms with Crippen LogP contribution in [-0.4, -0.2) is 29.8 Å². The molecule has 2 aromatic carbocycles. The number of benzene rings is 2. The Balaban J connectivity index is 1.60. The third kappa shape index (κ3) is 4.68. The standard InChI is InChI=1S/C20H18F4N2O2/c21-15-7-5-13(6-8-15)9-10-26-12-14(11-18(26)27)19(28)25-17-4-2-1-3-16(17)20(22,23)24/h1-8,14H,9-12H2,(H,25,28). The summed E-state index contributed by atoms with van der Waals surface area (Å²) in [6.45, 7) is 0.493. The van der Waals surface area contributed by atoms with Gasteiger partial charge in [0.15, 0.2) is 0 Å². The van der Waals surface area contributed by atoms with Crippen LogP contribution < -0.4 is 5.32 Å². The number of likely N-dealkylation sites (tertiary alicyclic amines) is 1. The smallest absolute Gasteiger partial charge is 0.342 e. The molecule has 0 spiro atoms. The lowest BCUT2D eigenvalue weighted by molar-refractivity contribution is -0.137. The van der Waals surface area contributed by atoms with Crippen molar-refractivity contribution in [3.8, 4) is 0 Å². The summed E-state index contributed by atoms with van der Waals surface area (Å²) in [5, 5.41) is 2.30. The van der Waals surface area contributed by atoms with Gasteiger partial charge in [0.25, 0.3) is 0 Å². The van der Waals surface area contributed by atoms with Gasteiger partial charge in [-0.3, -0.25) is 9.59 Å². The van der Waals surface area contributed by atoms with Crippen molar-refractivity contribution in [2.24, 2.45) is 5.92 Å². The minimum Gasteiger partial charge on any atom is -0.342 e. The summed E-state index contributed by atoms with van der Waals surface area (Å²) in [5.74, 6) is -1.92. The van der Waals surface area contributed by atoms with Crippen molar-refractivity contribution in [3.63, 3.8) is 0 Å². The van der Waals surface area contributed by atoms with Gasteiger partial charge in [-0.2, -0.15) is 13.2 Å². The normalized spacial score (nSPS) is 17.1. The van der Waals surface area contributed by atoms with E-state index >= 15 is 0 Å². The maximum absolute atomic E-state index is 13.0. The zero-order valence-corrected chi connectivity index (χ0v) is 14.8. The number of hydrogen-bond acceptors (Lipinski definition) is 2. The van der Waals surface area contributed by atoms with Crippen LogP contribution in [-0.2, 0) is 22.2 Å². The highest BCUT2D eigenvalue weighted by molar-refractivity contribution is 5.97. The van der Waals surface area contributed by atoms with Crippen molar-refractivity contribution >= 4 is 17.5 Å². The fourth-order valence-electron chi connectivity index (χ4n) is 3.15. The van der Waals surface area contributed by atoms with E-state index in [1.54, 1.807) is 12.1 Å². The number of nitrogens with one attached hydrogen (secondary N) is 1. The molecule has 0 radical (unpaired) electrons. The van der Waals surface area contributed by atoms with Gasteiger partial charge < -0.3 is 10.2 Å². The summed E-state index contributed by atoms with van der Waals surface area (Å²) >= 11 is 0. The lowest BCUT2D eigenvalue weighted by atomic mass is 10.1. The Morgan fingerprint density at radius 1 is 1.11 bits per heavy atom. The van der Waals surface area contributed by atoms with E-state index in [0.29, 0.717) is 13.0 Å². The molecule has 0 aliphatic carbocycles. The van der Waals surface area contributed by atoms with Gasteiger partial charge in [-0.15, -0.1) is 0 Å². The zero-order valence-electron chi connectivity index (χ0n) is 14.8. The first kappa shape index (κ1) is 19.9. The van der Waals surface area contributed by atoms with E-state index in [4.69, 9.17) is 0 Å². The molecule has 1 unspecified atom stereocenters. The average Bonchev–Trinajstić information content (AvgIpc) is 3.02. The van der Waals surface area contributed by atoms with Gasteiger partial charge in [0.2, 0.25) is 11.8 Å². The number of carbonyl (C=O) groups excluding carboxylic acids is 2. The van der Waals surface area contributed by atoms with E-state index in [1.165, 1.54) is 35.2 Å². The fourth-order valence-corrected chi connectivity index (χ4v) is 3.15. The summed E-state index contributed by atoms with van der Waals surface area (Å²) in [7, 11) is 0. The zero-order chi connectivity index (χ0) is 20.3. The molecule has 0 saturated carbocycles. The Bertz CT molecular complexity index is 865. The predicted molar refractivity (Wildman–Crippen MR) is 94.9 cm³/mol. The maximum atomic E-state index is 13.0. The number of hydrogen-bond donors (Lipinski definition) is 1. The van der Waals surface area contributed by atoms with Gasteiger partial charge >= 0.3 is 6.18 Å². The van der Waals surface area contributed by atoms with E-state index in [0.717, 1.165) is 11.6 Å². The molecule has 2 aromatic rings. The number of halogens is 4. The number of rotatable bonds is 5. The first-order valence-electron chi connectivity index (χ1n) is 8.73. The van der Waals surface area contributed by atoms with E-state index in [1.807, 2.05) is 0 Å². The molecule has 1 aliphatic heterocycles. The number of amides is 2. The first-order chi connectivity index (χ1) is 13.2. The highest BCUT2D eigenvalue weighted by Crippen LogP contribution is 2.35. The largest absolute Gasteiger partial charge is 0.418 e. The van der Waals surface area contributed by atoms with Gasteiger partial charge in [-0.1, -0.05) is 24.3 Å². The van der Waals surface area contributed by atoms with Gasteiger partial charge in [-0.25, -0.2) is 4.39 Å².